The molecule has 0 radical (unpaired) electrons. The van der Waals surface area contributed by atoms with E-state index >= 15 is 0 Å². The van der Waals surface area contributed by atoms with Crippen LogP contribution in [0.5, 0.6) is 11.5 Å². The molecule has 0 bridgehead atoms. The van der Waals surface area contributed by atoms with Crippen LogP contribution >= 0.6 is 0 Å². The van der Waals surface area contributed by atoms with Gasteiger partial charge in [0.2, 0.25) is 0 Å². The Hall–Kier alpha value is -2.12. The van der Waals surface area contributed by atoms with E-state index in [1.807, 2.05) is 0 Å². The summed E-state index contributed by atoms with van der Waals surface area (Å²) in [5.41, 5.74) is 1.07. The van der Waals surface area contributed by atoms with Crippen LogP contribution in [-0.4, -0.2) is 19.8 Å². The van der Waals surface area contributed by atoms with Crippen molar-refractivity contribution in [2.24, 2.45) is 0 Å². The number of aliphatic hydroxyl groups is 1. The molecule has 0 saturated heterocycles. The molecule has 0 aliphatic heterocycles. The van der Waals surface area contributed by atoms with E-state index in [4.69, 9.17) is 8.92 Å². The van der Waals surface area contributed by atoms with Gasteiger partial charge >= 0.3 is 10.1 Å². The summed E-state index contributed by atoms with van der Waals surface area (Å²) in [5.74, 6) is -0.357. The van der Waals surface area contributed by atoms with Crippen LogP contribution in [0.4, 0.5) is 4.39 Å². The second-order valence-corrected chi connectivity index (χ2v) is 6.92. The van der Waals surface area contributed by atoms with Gasteiger partial charge in [0.15, 0.2) is 6.29 Å². The average Bonchev–Trinajstić information content (AvgIpc) is 2.48. The molecule has 7 heteroatoms. The van der Waals surface area contributed by atoms with Gasteiger partial charge in [-0.05, 0) is 49.2 Å². The van der Waals surface area contributed by atoms with E-state index in [1.165, 1.54) is 24.3 Å². The molecular weight excluding hydrogens is 335 g/mol. The SMILES string of the molecule is CCC(O)Oc1cc(C)cc(OS(=O)(=O)c2cc(F)ccc2C)c1. The van der Waals surface area contributed by atoms with Gasteiger partial charge in [0, 0.05) is 12.5 Å². The highest BCUT2D eigenvalue weighted by Crippen LogP contribution is 2.27. The fourth-order valence-corrected chi connectivity index (χ4v) is 3.24. The van der Waals surface area contributed by atoms with Crippen LogP contribution in [0.1, 0.15) is 24.5 Å². The van der Waals surface area contributed by atoms with Gasteiger partial charge in [0.1, 0.15) is 22.2 Å². The van der Waals surface area contributed by atoms with Gasteiger partial charge in [0.05, 0.1) is 0 Å². The van der Waals surface area contributed by atoms with Gasteiger partial charge in [-0.15, -0.1) is 0 Å². The number of benzene rings is 2. The van der Waals surface area contributed by atoms with Crippen molar-refractivity contribution >= 4 is 10.1 Å². The molecule has 0 aliphatic rings. The van der Waals surface area contributed by atoms with E-state index in [9.17, 15) is 17.9 Å². The fourth-order valence-electron chi connectivity index (χ4n) is 2.09. The van der Waals surface area contributed by atoms with Crippen molar-refractivity contribution < 1.29 is 26.8 Å². The van der Waals surface area contributed by atoms with E-state index < -0.39 is 22.2 Å². The number of hydrogen-bond acceptors (Lipinski definition) is 5. The monoisotopic (exact) mass is 354 g/mol. The molecule has 1 atom stereocenters. The van der Waals surface area contributed by atoms with Crippen molar-refractivity contribution in [3.05, 3.63) is 53.3 Å². The van der Waals surface area contributed by atoms with Gasteiger partial charge in [-0.2, -0.15) is 8.42 Å². The molecule has 0 amide bonds. The summed E-state index contributed by atoms with van der Waals surface area (Å²) in [4.78, 5) is -0.236. The van der Waals surface area contributed by atoms with Gasteiger partial charge in [-0.3, -0.25) is 0 Å². The van der Waals surface area contributed by atoms with Gasteiger partial charge in [0.25, 0.3) is 0 Å². The normalized spacial score (nSPS) is 12.7. The number of rotatable bonds is 6. The van der Waals surface area contributed by atoms with E-state index in [0.717, 1.165) is 6.07 Å². The molecule has 5 nitrogen and oxygen atoms in total. The first-order valence-electron chi connectivity index (χ1n) is 7.38. The number of hydrogen-bond donors (Lipinski definition) is 1. The lowest BCUT2D eigenvalue weighted by molar-refractivity contribution is -0.0192. The lowest BCUT2D eigenvalue weighted by atomic mass is 10.2. The summed E-state index contributed by atoms with van der Waals surface area (Å²) in [6.07, 6.45) is -0.619. The zero-order valence-electron chi connectivity index (χ0n) is 13.6. The Morgan fingerprint density at radius 2 is 1.79 bits per heavy atom. The van der Waals surface area contributed by atoms with Crippen molar-refractivity contribution in [2.75, 3.05) is 0 Å². The molecule has 1 N–H and O–H groups in total. The van der Waals surface area contributed by atoms with E-state index in [0.29, 0.717) is 17.5 Å². The van der Waals surface area contributed by atoms with Crippen molar-refractivity contribution in [2.45, 2.75) is 38.4 Å². The molecule has 2 aromatic carbocycles. The van der Waals surface area contributed by atoms with E-state index in [-0.39, 0.29) is 16.4 Å². The minimum Gasteiger partial charge on any atom is -0.465 e. The van der Waals surface area contributed by atoms with E-state index in [2.05, 4.69) is 0 Å². The summed E-state index contributed by atoms with van der Waals surface area (Å²) in [6.45, 7) is 5.03. The first kappa shape index (κ1) is 18.2. The standard InChI is InChI=1S/C17H19FO5S/c1-4-17(19)22-14-7-11(2)8-15(10-14)23-24(20,21)16-9-13(18)6-5-12(16)3/h5-10,17,19H,4H2,1-3H3. The Labute approximate surface area is 140 Å². The molecule has 2 rings (SSSR count). The molecule has 0 spiro atoms. The van der Waals surface area contributed by atoms with Crippen LogP contribution in [-0.2, 0) is 10.1 Å². The van der Waals surface area contributed by atoms with Crippen LogP contribution in [0.2, 0.25) is 0 Å². The topological polar surface area (TPSA) is 72.8 Å². The number of ether oxygens (including phenoxy) is 1. The second kappa shape index (κ2) is 7.19. The summed E-state index contributed by atoms with van der Waals surface area (Å²) >= 11 is 0. The maximum absolute atomic E-state index is 13.4. The van der Waals surface area contributed by atoms with Crippen LogP contribution < -0.4 is 8.92 Å². The maximum Gasteiger partial charge on any atom is 0.339 e. The predicted octanol–water partition coefficient (Wildman–Crippen LogP) is 3.32. The number of aliphatic hydroxyl groups excluding tert-OH is 1. The quantitative estimate of drug-likeness (QED) is 0.636. The van der Waals surface area contributed by atoms with Gasteiger partial charge in [-0.1, -0.05) is 13.0 Å². The van der Waals surface area contributed by atoms with Crippen LogP contribution in [0, 0.1) is 19.7 Å². The van der Waals surface area contributed by atoms with E-state index in [1.54, 1.807) is 26.8 Å². The minimum absolute atomic E-state index is 0.0250. The third-order valence-corrected chi connectivity index (χ3v) is 4.66. The fraction of sp³-hybridized carbons (Fsp3) is 0.294. The zero-order chi connectivity index (χ0) is 17.9. The Balaban J connectivity index is 2.34. The predicted molar refractivity (Wildman–Crippen MR) is 87.1 cm³/mol. The largest absolute Gasteiger partial charge is 0.465 e. The molecule has 1 unspecified atom stereocenters. The van der Waals surface area contributed by atoms with Crippen molar-refractivity contribution in [1.29, 1.82) is 0 Å². The minimum atomic E-state index is -4.19. The van der Waals surface area contributed by atoms with Crippen molar-refractivity contribution in [3.8, 4) is 11.5 Å². The van der Waals surface area contributed by atoms with Crippen molar-refractivity contribution in [3.63, 3.8) is 0 Å². The molecule has 0 aromatic heterocycles. The van der Waals surface area contributed by atoms with Gasteiger partial charge in [-0.25, -0.2) is 4.39 Å². The summed E-state index contributed by atoms with van der Waals surface area (Å²) in [5, 5.41) is 9.55. The van der Waals surface area contributed by atoms with Crippen LogP contribution in [0.3, 0.4) is 0 Å². The summed E-state index contributed by atoms with van der Waals surface area (Å²) < 4.78 is 48.5. The Bertz CT molecular complexity index is 833. The second-order valence-electron chi connectivity index (χ2n) is 5.41. The summed E-state index contributed by atoms with van der Waals surface area (Å²) in [6, 6.07) is 7.98. The van der Waals surface area contributed by atoms with Crippen LogP contribution in [0.25, 0.3) is 0 Å². The number of aryl methyl sites for hydroxylation is 2. The zero-order valence-corrected chi connectivity index (χ0v) is 14.4. The molecule has 0 aliphatic carbocycles. The van der Waals surface area contributed by atoms with Gasteiger partial charge < -0.3 is 14.0 Å². The Morgan fingerprint density at radius 1 is 1.12 bits per heavy atom. The highest BCUT2D eigenvalue weighted by atomic mass is 32.2. The lowest BCUT2D eigenvalue weighted by Crippen LogP contribution is -2.14. The Morgan fingerprint density at radius 3 is 2.46 bits per heavy atom. The molecule has 0 saturated carbocycles. The van der Waals surface area contributed by atoms with Crippen molar-refractivity contribution in [1.82, 2.24) is 0 Å². The third-order valence-electron chi connectivity index (χ3n) is 3.27. The molecule has 2 aromatic rings. The lowest BCUT2D eigenvalue weighted by Gasteiger charge is -2.14. The maximum atomic E-state index is 13.4. The first-order valence-corrected chi connectivity index (χ1v) is 8.79. The third kappa shape index (κ3) is 4.46. The number of halogens is 1. The smallest absolute Gasteiger partial charge is 0.339 e. The Kier molecular flexibility index (Phi) is 5.46. The first-order chi connectivity index (χ1) is 11.2. The molecular formula is C17H19FO5S. The average molecular weight is 354 g/mol. The molecule has 0 fully saturated rings. The highest BCUT2D eigenvalue weighted by Gasteiger charge is 2.21. The van der Waals surface area contributed by atoms with Crippen LogP contribution in [0.15, 0.2) is 41.3 Å². The summed E-state index contributed by atoms with van der Waals surface area (Å²) in [7, 11) is -4.19. The highest BCUT2D eigenvalue weighted by molar-refractivity contribution is 7.87. The molecule has 0 heterocycles. The molecule has 24 heavy (non-hydrogen) atoms. The molecule has 130 valence electrons.